The molecular formula is C8H7NO3S. The number of benzene rings is 1. The van der Waals surface area contributed by atoms with Crippen LogP contribution in [0.25, 0.3) is 0 Å². The fourth-order valence-corrected chi connectivity index (χ4v) is 1.95. The van der Waals surface area contributed by atoms with Crippen LogP contribution >= 0.6 is 11.8 Å². The lowest BCUT2D eigenvalue weighted by Gasteiger charge is -2.02. The number of carboxylic acids is 1. The van der Waals surface area contributed by atoms with Gasteiger partial charge in [0.05, 0.1) is 10.5 Å². The molecule has 13 heavy (non-hydrogen) atoms. The number of fused-ring (bicyclic) bond motifs is 1. The van der Waals surface area contributed by atoms with Gasteiger partial charge in [0, 0.05) is 5.69 Å². The van der Waals surface area contributed by atoms with E-state index in [0.717, 1.165) is 4.90 Å². The summed E-state index contributed by atoms with van der Waals surface area (Å²) < 4.78 is 5.19. The molecule has 0 radical (unpaired) electrons. The molecule has 0 fully saturated rings. The molecule has 0 amide bonds. The van der Waals surface area contributed by atoms with Crippen LogP contribution in [-0.4, -0.2) is 17.0 Å². The Morgan fingerprint density at radius 1 is 1.62 bits per heavy atom. The molecule has 5 heteroatoms. The topological polar surface area (TPSA) is 72.6 Å². The molecule has 1 aromatic rings. The van der Waals surface area contributed by atoms with E-state index in [-0.39, 0.29) is 5.56 Å². The fourth-order valence-electron chi connectivity index (χ4n) is 1.16. The van der Waals surface area contributed by atoms with E-state index in [4.69, 9.17) is 15.6 Å². The van der Waals surface area contributed by atoms with E-state index in [0.29, 0.717) is 17.4 Å². The third kappa shape index (κ3) is 1.31. The number of aromatic carboxylic acids is 1. The van der Waals surface area contributed by atoms with Crippen LogP contribution in [0.4, 0.5) is 5.69 Å². The molecule has 0 atom stereocenters. The largest absolute Gasteiger partial charge is 0.481 e. The predicted octanol–water partition coefficient (Wildman–Crippen LogP) is 1.41. The Hall–Kier alpha value is -1.36. The second-order valence-electron chi connectivity index (χ2n) is 2.60. The number of anilines is 1. The van der Waals surface area contributed by atoms with Crippen LogP contribution in [0.3, 0.4) is 0 Å². The molecule has 1 aliphatic rings. The number of thioether (sulfide) groups is 1. The second-order valence-corrected chi connectivity index (χ2v) is 3.54. The van der Waals surface area contributed by atoms with Gasteiger partial charge in [-0.05, 0) is 12.1 Å². The lowest BCUT2D eigenvalue weighted by molar-refractivity contribution is 0.0696. The lowest BCUT2D eigenvalue weighted by atomic mass is 10.2. The van der Waals surface area contributed by atoms with Crippen molar-refractivity contribution in [1.29, 1.82) is 0 Å². The molecule has 1 heterocycles. The molecule has 0 unspecified atom stereocenters. The molecule has 2 rings (SSSR count). The van der Waals surface area contributed by atoms with Gasteiger partial charge in [-0.15, -0.1) is 0 Å². The summed E-state index contributed by atoms with van der Waals surface area (Å²) in [4.78, 5) is 11.5. The summed E-state index contributed by atoms with van der Waals surface area (Å²) >= 11 is 1.47. The SMILES string of the molecule is Nc1cc(C(=O)O)cc2c1SCO2. The van der Waals surface area contributed by atoms with Gasteiger partial charge in [0.2, 0.25) is 0 Å². The maximum Gasteiger partial charge on any atom is 0.335 e. The summed E-state index contributed by atoms with van der Waals surface area (Å²) in [5, 5.41) is 8.72. The normalized spacial score (nSPS) is 13.5. The van der Waals surface area contributed by atoms with Crippen molar-refractivity contribution in [2.24, 2.45) is 0 Å². The maximum absolute atomic E-state index is 10.6. The average molecular weight is 197 g/mol. The molecule has 0 aliphatic carbocycles. The zero-order valence-corrected chi connectivity index (χ0v) is 7.43. The zero-order valence-electron chi connectivity index (χ0n) is 6.61. The van der Waals surface area contributed by atoms with Gasteiger partial charge in [-0.25, -0.2) is 4.79 Å². The Bertz CT molecular complexity index is 378. The zero-order chi connectivity index (χ0) is 9.42. The summed E-state index contributed by atoms with van der Waals surface area (Å²) in [7, 11) is 0. The molecule has 3 N–H and O–H groups in total. The van der Waals surface area contributed by atoms with E-state index in [1.54, 1.807) is 0 Å². The van der Waals surface area contributed by atoms with E-state index < -0.39 is 5.97 Å². The Balaban J connectivity index is 2.55. The third-order valence-corrected chi connectivity index (χ3v) is 2.71. The molecule has 1 aliphatic heterocycles. The Morgan fingerprint density at radius 2 is 2.38 bits per heavy atom. The number of carbonyl (C=O) groups is 1. The van der Waals surface area contributed by atoms with Crippen molar-refractivity contribution in [3.05, 3.63) is 17.7 Å². The van der Waals surface area contributed by atoms with Crippen LogP contribution in [0.15, 0.2) is 17.0 Å². The van der Waals surface area contributed by atoms with Crippen molar-refractivity contribution < 1.29 is 14.6 Å². The predicted molar refractivity (Wildman–Crippen MR) is 49.2 cm³/mol. The molecule has 68 valence electrons. The Morgan fingerprint density at radius 3 is 3.08 bits per heavy atom. The van der Waals surface area contributed by atoms with Crippen molar-refractivity contribution in [3.8, 4) is 5.75 Å². The number of ether oxygens (including phenoxy) is 1. The van der Waals surface area contributed by atoms with E-state index in [9.17, 15) is 4.79 Å². The van der Waals surface area contributed by atoms with E-state index in [2.05, 4.69) is 0 Å². The molecule has 0 spiro atoms. The quantitative estimate of drug-likeness (QED) is 0.666. The summed E-state index contributed by atoms with van der Waals surface area (Å²) in [5.74, 6) is 0.0835. The Kier molecular flexibility index (Phi) is 1.81. The number of rotatable bonds is 1. The molecule has 1 aromatic carbocycles. The van der Waals surface area contributed by atoms with Gasteiger partial charge in [-0.3, -0.25) is 0 Å². The number of carboxylic acid groups (broad SMARTS) is 1. The van der Waals surface area contributed by atoms with Gasteiger partial charge in [-0.1, -0.05) is 11.8 Å². The number of nitrogen functional groups attached to an aromatic ring is 1. The van der Waals surface area contributed by atoms with Crippen LogP contribution in [0.1, 0.15) is 10.4 Å². The molecule has 0 saturated heterocycles. The van der Waals surface area contributed by atoms with Crippen molar-refractivity contribution in [2.45, 2.75) is 4.90 Å². The van der Waals surface area contributed by atoms with Crippen molar-refractivity contribution >= 4 is 23.4 Å². The van der Waals surface area contributed by atoms with Gasteiger partial charge in [0.1, 0.15) is 11.7 Å². The first-order valence-corrected chi connectivity index (χ1v) is 4.59. The summed E-state index contributed by atoms with van der Waals surface area (Å²) in [6.07, 6.45) is 0. The maximum atomic E-state index is 10.6. The highest BCUT2D eigenvalue weighted by atomic mass is 32.2. The van der Waals surface area contributed by atoms with Gasteiger partial charge < -0.3 is 15.6 Å². The van der Waals surface area contributed by atoms with Crippen molar-refractivity contribution in [1.82, 2.24) is 0 Å². The molecule has 4 nitrogen and oxygen atoms in total. The minimum atomic E-state index is -0.991. The van der Waals surface area contributed by atoms with Crippen LogP contribution < -0.4 is 10.5 Å². The number of hydrogen-bond donors (Lipinski definition) is 2. The second kappa shape index (κ2) is 2.85. The van der Waals surface area contributed by atoms with E-state index in [1.807, 2.05) is 0 Å². The molecule has 0 bridgehead atoms. The van der Waals surface area contributed by atoms with Gasteiger partial charge in [-0.2, -0.15) is 0 Å². The first-order valence-electron chi connectivity index (χ1n) is 3.61. The molecule has 0 saturated carbocycles. The van der Waals surface area contributed by atoms with Crippen LogP contribution in [-0.2, 0) is 0 Å². The van der Waals surface area contributed by atoms with Gasteiger partial charge in [0.15, 0.2) is 0 Å². The van der Waals surface area contributed by atoms with Gasteiger partial charge >= 0.3 is 5.97 Å². The monoisotopic (exact) mass is 197 g/mol. The third-order valence-electron chi connectivity index (χ3n) is 1.75. The first-order chi connectivity index (χ1) is 6.18. The van der Waals surface area contributed by atoms with Crippen LogP contribution in [0, 0.1) is 0 Å². The standard InChI is InChI=1S/C8H7NO3S/c9-5-1-4(8(10)11)2-6-7(5)13-3-12-6/h1-2H,3,9H2,(H,10,11). The summed E-state index contributed by atoms with van der Waals surface area (Å²) in [6.45, 7) is 0. The Labute approximate surface area is 78.7 Å². The lowest BCUT2D eigenvalue weighted by Crippen LogP contribution is -1.99. The van der Waals surface area contributed by atoms with E-state index >= 15 is 0 Å². The fraction of sp³-hybridized carbons (Fsp3) is 0.125. The minimum absolute atomic E-state index is 0.166. The molecular weight excluding hydrogens is 190 g/mol. The highest BCUT2D eigenvalue weighted by Crippen LogP contribution is 2.41. The minimum Gasteiger partial charge on any atom is -0.481 e. The van der Waals surface area contributed by atoms with Gasteiger partial charge in [0.25, 0.3) is 0 Å². The van der Waals surface area contributed by atoms with Crippen molar-refractivity contribution in [2.75, 3.05) is 11.7 Å². The van der Waals surface area contributed by atoms with E-state index in [1.165, 1.54) is 23.9 Å². The highest BCUT2D eigenvalue weighted by Gasteiger charge is 2.18. The summed E-state index contributed by atoms with van der Waals surface area (Å²) in [5.41, 5.74) is 6.28. The number of nitrogens with two attached hydrogens (primary N) is 1. The first kappa shape index (κ1) is 8.25. The highest BCUT2D eigenvalue weighted by molar-refractivity contribution is 7.99. The number of hydrogen-bond acceptors (Lipinski definition) is 4. The van der Waals surface area contributed by atoms with Crippen LogP contribution in [0.2, 0.25) is 0 Å². The smallest absolute Gasteiger partial charge is 0.335 e. The summed E-state index contributed by atoms with van der Waals surface area (Å²) in [6, 6.07) is 2.94. The van der Waals surface area contributed by atoms with Crippen molar-refractivity contribution in [3.63, 3.8) is 0 Å². The molecule has 0 aromatic heterocycles. The van der Waals surface area contributed by atoms with Crippen LogP contribution in [0.5, 0.6) is 5.75 Å². The average Bonchev–Trinajstić information content (AvgIpc) is 2.51.